The van der Waals surface area contributed by atoms with Crippen molar-refractivity contribution in [1.29, 1.82) is 5.26 Å². The number of benzene rings is 1. The van der Waals surface area contributed by atoms with E-state index in [2.05, 4.69) is 16.7 Å². The quantitative estimate of drug-likeness (QED) is 0.307. The maximum absolute atomic E-state index is 13.8. The Labute approximate surface area is 253 Å². The molecule has 0 saturated heterocycles. The van der Waals surface area contributed by atoms with Gasteiger partial charge in [0.1, 0.15) is 17.6 Å². The molecule has 2 amide bonds. The fraction of sp³-hybridized carbons (Fsp3) is 0.697. The number of hydrogen-bond donors (Lipinski definition) is 4. The smallest absolute Gasteiger partial charge is 0.309 e. The third kappa shape index (κ3) is 6.62. The Kier molecular flexibility index (Phi) is 9.21. The number of nitrogens with one attached hydrogen (secondary N) is 2. The lowest BCUT2D eigenvalue weighted by Gasteiger charge is -2.34. The molecule has 0 aromatic heterocycles. The average molecular weight is 596 g/mol. The van der Waals surface area contributed by atoms with E-state index in [1.165, 1.54) is 19.2 Å². The SMILES string of the molecule is COc1cc(C#N)c(O[C@H]2CC[C@@](C)(C(=O)O)CC2)cc1C(=O)N[C@@H]1[C@H]2CC[C@H](C2)[C@@H]1C(=O)NCC1(O)CCCCCC1. The highest BCUT2D eigenvalue weighted by Crippen LogP contribution is 2.49. The van der Waals surface area contributed by atoms with Gasteiger partial charge in [0.25, 0.3) is 5.91 Å². The van der Waals surface area contributed by atoms with Crippen LogP contribution in [0, 0.1) is 34.5 Å². The Bertz CT molecular complexity index is 1260. The summed E-state index contributed by atoms with van der Waals surface area (Å²) in [6, 6.07) is 4.80. The second kappa shape index (κ2) is 12.7. The number of methoxy groups -OCH3 is 1. The number of rotatable bonds is 9. The van der Waals surface area contributed by atoms with Crippen LogP contribution in [0.4, 0.5) is 0 Å². The van der Waals surface area contributed by atoms with E-state index < -0.39 is 22.9 Å². The fourth-order valence-electron chi connectivity index (χ4n) is 7.87. The first-order valence-corrected chi connectivity index (χ1v) is 15.9. The number of carbonyl (C=O) groups excluding carboxylic acids is 2. The Hall–Kier alpha value is -3.32. The zero-order chi connectivity index (χ0) is 30.8. The molecule has 10 nitrogen and oxygen atoms in total. The molecule has 2 bridgehead atoms. The summed E-state index contributed by atoms with van der Waals surface area (Å²) in [6.45, 7) is 1.97. The molecule has 10 heteroatoms. The summed E-state index contributed by atoms with van der Waals surface area (Å²) in [4.78, 5) is 38.9. The van der Waals surface area contributed by atoms with Crippen molar-refractivity contribution >= 4 is 17.8 Å². The van der Waals surface area contributed by atoms with Gasteiger partial charge in [-0.1, -0.05) is 25.7 Å². The first-order chi connectivity index (χ1) is 20.6. The molecular formula is C33H45N3O7. The summed E-state index contributed by atoms with van der Waals surface area (Å²) in [7, 11) is 1.44. The van der Waals surface area contributed by atoms with Crippen LogP contribution in [0.2, 0.25) is 0 Å². The molecule has 4 atom stereocenters. The van der Waals surface area contributed by atoms with Crippen LogP contribution < -0.4 is 20.1 Å². The lowest BCUT2D eigenvalue weighted by molar-refractivity contribution is -0.150. The maximum Gasteiger partial charge on any atom is 0.309 e. The van der Waals surface area contributed by atoms with Crippen LogP contribution in [0.1, 0.15) is 106 Å². The molecule has 4 aliphatic carbocycles. The lowest BCUT2D eigenvalue weighted by atomic mass is 9.75. The largest absolute Gasteiger partial charge is 0.496 e. The number of aliphatic carboxylic acids is 1. The normalized spacial score (nSPS) is 31.3. The van der Waals surface area contributed by atoms with E-state index >= 15 is 0 Å². The summed E-state index contributed by atoms with van der Waals surface area (Å²) >= 11 is 0. The van der Waals surface area contributed by atoms with E-state index in [0.29, 0.717) is 38.5 Å². The zero-order valence-electron chi connectivity index (χ0n) is 25.3. The van der Waals surface area contributed by atoms with Crippen molar-refractivity contribution < 1.29 is 34.1 Å². The van der Waals surface area contributed by atoms with Crippen LogP contribution in [0.15, 0.2) is 12.1 Å². The molecule has 1 aromatic carbocycles. The fourth-order valence-corrected chi connectivity index (χ4v) is 7.87. The van der Waals surface area contributed by atoms with Crippen molar-refractivity contribution in [3.63, 3.8) is 0 Å². The number of aliphatic hydroxyl groups is 1. The summed E-state index contributed by atoms with van der Waals surface area (Å²) in [6.07, 6.45) is 9.97. The molecule has 0 radical (unpaired) electrons. The van der Waals surface area contributed by atoms with Gasteiger partial charge < -0.3 is 30.3 Å². The summed E-state index contributed by atoms with van der Waals surface area (Å²) in [5.74, 6) is -0.828. The molecule has 0 unspecified atom stereocenters. The van der Waals surface area contributed by atoms with E-state index in [4.69, 9.17) is 9.47 Å². The van der Waals surface area contributed by atoms with Gasteiger partial charge in [-0.3, -0.25) is 14.4 Å². The second-order valence-electron chi connectivity index (χ2n) is 13.6. The lowest BCUT2D eigenvalue weighted by Crippen LogP contribution is -2.52. The van der Waals surface area contributed by atoms with E-state index in [9.17, 15) is 29.9 Å². The highest BCUT2D eigenvalue weighted by atomic mass is 16.5. The van der Waals surface area contributed by atoms with Gasteiger partial charge in [0, 0.05) is 18.7 Å². The van der Waals surface area contributed by atoms with Crippen LogP contribution in [0.25, 0.3) is 0 Å². The van der Waals surface area contributed by atoms with Crippen molar-refractivity contribution in [2.75, 3.05) is 13.7 Å². The average Bonchev–Trinajstić information content (AvgIpc) is 3.53. The summed E-state index contributed by atoms with van der Waals surface area (Å²) in [5, 5.41) is 36.6. The number of hydrogen-bond acceptors (Lipinski definition) is 7. The minimum Gasteiger partial charge on any atom is -0.496 e. The van der Waals surface area contributed by atoms with Crippen LogP contribution in [0.3, 0.4) is 0 Å². The number of carboxylic acid groups (broad SMARTS) is 1. The van der Waals surface area contributed by atoms with Gasteiger partial charge >= 0.3 is 5.97 Å². The highest BCUT2D eigenvalue weighted by Gasteiger charge is 2.51. The third-order valence-corrected chi connectivity index (χ3v) is 10.7. The Balaban J connectivity index is 1.29. The van der Waals surface area contributed by atoms with E-state index in [1.54, 1.807) is 6.92 Å². The first kappa shape index (κ1) is 31.1. The molecular weight excluding hydrogens is 550 g/mol. The molecule has 4 saturated carbocycles. The number of carbonyl (C=O) groups is 3. The minimum absolute atomic E-state index is 0.114. The predicted molar refractivity (Wildman–Crippen MR) is 158 cm³/mol. The molecule has 1 aromatic rings. The predicted octanol–water partition coefficient (Wildman–Crippen LogP) is 4.33. The number of amides is 2. The molecule has 0 spiro atoms. The molecule has 4 N–H and O–H groups in total. The molecule has 4 aliphatic rings. The van der Waals surface area contributed by atoms with Gasteiger partial charge in [-0.05, 0) is 82.6 Å². The minimum atomic E-state index is -0.876. The van der Waals surface area contributed by atoms with Crippen LogP contribution in [-0.4, -0.2) is 59.4 Å². The number of nitrogens with zero attached hydrogens (tertiary/aromatic N) is 1. The molecule has 234 valence electrons. The number of carboxylic acids is 1. The van der Waals surface area contributed by atoms with Crippen LogP contribution in [-0.2, 0) is 9.59 Å². The van der Waals surface area contributed by atoms with Crippen LogP contribution >= 0.6 is 0 Å². The van der Waals surface area contributed by atoms with Crippen LogP contribution in [0.5, 0.6) is 11.5 Å². The number of ether oxygens (including phenoxy) is 2. The van der Waals surface area contributed by atoms with Crippen molar-refractivity contribution in [2.45, 2.75) is 108 Å². The van der Waals surface area contributed by atoms with Crippen molar-refractivity contribution in [2.24, 2.45) is 23.2 Å². The summed E-state index contributed by atoms with van der Waals surface area (Å²) < 4.78 is 11.7. The van der Waals surface area contributed by atoms with Gasteiger partial charge in [-0.25, -0.2) is 0 Å². The Morgan fingerprint density at radius 1 is 1.00 bits per heavy atom. The van der Waals surface area contributed by atoms with Gasteiger partial charge in [0.15, 0.2) is 0 Å². The maximum atomic E-state index is 13.8. The van der Waals surface area contributed by atoms with Gasteiger partial charge in [0.2, 0.25) is 5.91 Å². The molecule has 0 aliphatic heterocycles. The first-order valence-electron chi connectivity index (χ1n) is 15.9. The van der Waals surface area contributed by atoms with Gasteiger partial charge in [-0.15, -0.1) is 0 Å². The molecule has 43 heavy (non-hydrogen) atoms. The monoisotopic (exact) mass is 595 g/mol. The highest BCUT2D eigenvalue weighted by molar-refractivity contribution is 5.98. The summed E-state index contributed by atoms with van der Waals surface area (Å²) in [5.41, 5.74) is -1.22. The van der Waals surface area contributed by atoms with E-state index in [1.807, 2.05) is 0 Å². The van der Waals surface area contributed by atoms with Crippen molar-refractivity contribution in [3.8, 4) is 17.6 Å². The van der Waals surface area contributed by atoms with Gasteiger partial charge in [0.05, 0.1) is 41.3 Å². The topological polar surface area (TPSA) is 158 Å². The number of fused-ring (bicyclic) bond motifs is 2. The Morgan fingerprint density at radius 2 is 1.67 bits per heavy atom. The Morgan fingerprint density at radius 3 is 2.30 bits per heavy atom. The van der Waals surface area contributed by atoms with Gasteiger partial charge in [-0.2, -0.15) is 5.26 Å². The van der Waals surface area contributed by atoms with Crippen molar-refractivity contribution in [1.82, 2.24) is 10.6 Å². The van der Waals surface area contributed by atoms with E-state index in [0.717, 1.165) is 44.9 Å². The molecule has 4 fully saturated rings. The standard InChI is InChI=1S/C33H45N3O7/c1-32(31(39)40)13-9-23(10-14-32)43-25-17-24(26(42-2)16-22(25)18-34)29(37)36-28-21-8-7-20(15-21)27(28)30(38)35-19-33(41)11-5-3-4-6-12-33/h16-17,20-21,23,27-28,41H,3-15,19H2,1-2H3,(H,35,38)(H,36,37)(H,39,40)/t20-,21+,23-,27+,28-,32+/m1/s1. The molecule has 5 rings (SSSR count). The second-order valence-corrected chi connectivity index (χ2v) is 13.6. The number of nitriles is 1. The third-order valence-electron chi connectivity index (χ3n) is 10.7. The zero-order valence-corrected chi connectivity index (χ0v) is 25.3. The van der Waals surface area contributed by atoms with Crippen molar-refractivity contribution in [3.05, 3.63) is 23.3 Å². The molecule has 0 heterocycles. The van der Waals surface area contributed by atoms with E-state index in [-0.39, 0.29) is 65.0 Å².